The maximum atomic E-state index is 12.3. The van der Waals surface area contributed by atoms with Gasteiger partial charge in [-0.05, 0) is 19.3 Å². The van der Waals surface area contributed by atoms with E-state index in [-0.39, 0.29) is 24.4 Å². The smallest absolute Gasteiger partial charge is 0.323 e. The third-order valence-corrected chi connectivity index (χ3v) is 3.50. The summed E-state index contributed by atoms with van der Waals surface area (Å²) in [5.74, 6) is -1.22. The molecule has 2 rings (SSSR count). The number of carboxylic acid groups (broad SMARTS) is 1. The summed E-state index contributed by atoms with van der Waals surface area (Å²) in [5.41, 5.74) is 0. The van der Waals surface area contributed by atoms with Gasteiger partial charge in [-0.2, -0.15) is 0 Å². The van der Waals surface area contributed by atoms with Crippen molar-refractivity contribution in [3.63, 3.8) is 0 Å². The van der Waals surface area contributed by atoms with E-state index in [9.17, 15) is 9.59 Å². The standard InChI is InChI=1S/C12H19NO5/c14-11(15)7-13(10-2-5-17-6-3-10)12(16)9-1-4-18-8-9/h9-10H,1-8H2,(H,14,15)/t9-/m0/s1. The summed E-state index contributed by atoms with van der Waals surface area (Å²) < 4.78 is 10.5. The number of amides is 1. The first kappa shape index (κ1) is 13.3. The van der Waals surface area contributed by atoms with Crippen molar-refractivity contribution in [1.82, 2.24) is 4.90 Å². The van der Waals surface area contributed by atoms with Gasteiger partial charge in [0.25, 0.3) is 0 Å². The average molecular weight is 257 g/mol. The SMILES string of the molecule is O=C(O)CN(C(=O)[C@H]1CCOC1)C1CCOCC1. The maximum absolute atomic E-state index is 12.3. The van der Waals surface area contributed by atoms with Crippen LogP contribution in [0.2, 0.25) is 0 Å². The number of carboxylic acids is 1. The van der Waals surface area contributed by atoms with Crippen LogP contribution in [0.1, 0.15) is 19.3 Å². The molecule has 2 saturated heterocycles. The van der Waals surface area contributed by atoms with E-state index in [1.807, 2.05) is 0 Å². The maximum Gasteiger partial charge on any atom is 0.323 e. The van der Waals surface area contributed by atoms with Crippen molar-refractivity contribution in [2.75, 3.05) is 33.0 Å². The highest BCUT2D eigenvalue weighted by Crippen LogP contribution is 2.21. The predicted octanol–water partition coefficient (Wildman–Crippen LogP) is 0.115. The number of nitrogens with zero attached hydrogens (tertiary/aromatic N) is 1. The summed E-state index contributed by atoms with van der Waals surface area (Å²) in [4.78, 5) is 24.7. The van der Waals surface area contributed by atoms with Crippen LogP contribution in [0, 0.1) is 5.92 Å². The first-order valence-electron chi connectivity index (χ1n) is 6.36. The summed E-state index contributed by atoms with van der Waals surface area (Å²) in [6.45, 7) is 1.97. The molecule has 2 heterocycles. The van der Waals surface area contributed by atoms with Crippen LogP contribution in [0.15, 0.2) is 0 Å². The van der Waals surface area contributed by atoms with Crippen molar-refractivity contribution in [3.8, 4) is 0 Å². The van der Waals surface area contributed by atoms with Crippen molar-refractivity contribution < 1.29 is 24.2 Å². The Balaban J connectivity index is 2.02. The molecule has 0 aromatic heterocycles. The Morgan fingerprint density at radius 3 is 2.33 bits per heavy atom. The molecule has 1 atom stereocenters. The van der Waals surface area contributed by atoms with Crippen LogP contribution in [-0.4, -0.2) is 60.9 Å². The van der Waals surface area contributed by atoms with Gasteiger partial charge in [0.2, 0.25) is 5.91 Å². The Labute approximate surface area is 106 Å². The average Bonchev–Trinajstić information content (AvgIpc) is 2.90. The lowest BCUT2D eigenvalue weighted by Gasteiger charge is -2.34. The lowest BCUT2D eigenvalue weighted by molar-refractivity contribution is -0.150. The normalized spacial score (nSPS) is 25.0. The number of rotatable bonds is 4. The van der Waals surface area contributed by atoms with Crippen LogP contribution in [0.25, 0.3) is 0 Å². The Morgan fingerprint density at radius 1 is 1.11 bits per heavy atom. The molecule has 1 N–H and O–H groups in total. The fraction of sp³-hybridized carbons (Fsp3) is 0.833. The summed E-state index contributed by atoms with van der Waals surface area (Å²) in [5, 5.41) is 8.95. The molecule has 0 aromatic carbocycles. The van der Waals surface area contributed by atoms with Crippen LogP contribution >= 0.6 is 0 Å². The number of carbonyl (C=O) groups is 2. The Hall–Kier alpha value is -1.14. The largest absolute Gasteiger partial charge is 0.480 e. The molecule has 0 spiro atoms. The van der Waals surface area contributed by atoms with Crippen molar-refractivity contribution in [3.05, 3.63) is 0 Å². The van der Waals surface area contributed by atoms with Gasteiger partial charge in [0.1, 0.15) is 6.54 Å². The molecule has 102 valence electrons. The number of hydrogen-bond acceptors (Lipinski definition) is 4. The molecule has 2 aliphatic rings. The van der Waals surface area contributed by atoms with Crippen LogP contribution in [0.4, 0.5) is 0 Å². The lowest BCUT2D eigenvalue weighted by Crippen LogP contribution is -2.48. The van der Waals surface area contributed by atoms with E-state index in [2.05, 4.69) is 0 Å². The van der Waals surface area contributed by atoms with Gasteiger partial charge in [-0.3, -0.25) is 9.59 Å². The number of carbonyl (C=O) groups excluding carboxylic acids is 1. The van der Waals surface area contributed by atoms with Crippen molar-refractivity contribution in [1.29, 1.82) is 0 Å². The quantitative estimate of drug-likeness (QED) is 0.774. The van der Waals surface area contributed by atoms with Gasteiger partial charge < -0.3 is 19.5 Å². The minimum atomic E-state index is -0.964. The van der Waals surface area contributed by atoms with Gasteiger partial charge in [-0.15, -0.1) is 0 Å². The topological polar surface area (TPSA) is 76.1 Å². The molecule has 6 nitrogen and oxygen atoms in total. The van der Waals surface area contributed by atoms with Gasteiger partial charge >= 0.3 is 5.97 Å². The number of aliphatic carboxylic acids is 1. The molecule has 6 heteroatoms. The fourth-order valence-corrected chi connectivity index (χ4v) is 2.49. The molecule has 0 aromatic rings. The van der Waals surface area contributed by atoms with Crippen LogP contribution in [-0.2, 0) is 19.1 Å². The first-order valence-corrected chi connectivity index (χ1v) is 6.36. The molecule has 1 amide bonds. The van der Waals surface area contributed by atoms with Crippen molar-refractivity contribution in [2.45, 2.75) is 25.3 Å². The zero-order valence-electron chi connectivity index (χ0n) is 10.3. The molecule has 2 aliphatic heterocycles. The second kappa shape index (κ2) is 6.15. The zero-order chi connectivity index (χ0) is 13.0. The highest BCUT2D eigenvalue weighted by molar-refractivity contribution is 5.83. The van der Waals surface area contributed by atoms with Gasteiger partial charge in [0, 0.05) is 25.9 Å². The second-order valence-electron chi connectivity index (χ2n) is 4.76. The van der Waals surface area contributed by atoms with E-state index in [0.29, 0.717) is 45.7 Å². The minimum absolute atomic E-state index is 0.0112. The van der Waals surface area contributed by atoms with Crippen LogP contribution in [0.5, 0.6) is 0 Å². The lowest BCUT2D eigenvalue weighted by atomic mass is 10.0. The molecule has 18 heavy (non-hydrogen) atoms. The van der Waals surface area contributed by atoms with Gasteiger partial charge in [-0.25, -0.2) is 0 Å². The van der Waals surface area contributed by atoms with E-state index in [0.717, 1.165) is 0 Å². The van der Waals surface area contributed by atoms with Crippen molar-refractivity contribution in [2.24, 2.45) is 5.92 Å². The summed E-state index contributed by atoms with van der Waals surface area (Å²) in [7, 11) is 0. The van der Waals surface area contributed by atoms with E-state index >= 15 is 0 Å². The van der Waals surface area contributed by atoms with Crippen LogP contribution in [0.3, 0.4) is 0 Å². The zero-order valence-corrected chi connectivity index (χ0v) is 10.3. The first-order chi connectivity index (χ1) is 8.68. The molecule has 0 aliphatic carbocycles. The van der Waals surface area contributed by atoms with Crippen molar-refractivity contribution >= 4 is 11.9 Å². The molecule has 0 bridgehead atoms. The second-order valence-corrected chi connectivity index (χ2v) is 4.76. The monoisotopic (exact) mass is 257 g/mol. The van der Waals surface area contributed by atoms with Gasteiger partial charge in [0.15, 0.2) is 0 Å². The molecule has 0 radical (unpaired) electrons. The van der Waals surface area contributed by atoms with Gasteiger partial charge in [-0.1, -0.05) is 0 Å². The fourth-order valence-electron chi connectivity index (χ4n) is 2.49. The third-order valence-electron chi connectivity index (χ3n) is 3.50. The molecule has 0 unspecified atom stereocenters. The predicted molar refractivity (Wildman–Crippen MR) is 62.1 cm³/mol. The molecule has 2 fully saturated rings. The Morgan fingerprint density at radius 2 is 1.78 bits per heavy atom. The van der Waals surface area contributed by atoms with E-state index < -0.39 is 5.97 Å². The Kier molecular flexibility index (Phi) is 4.54. The third kappa shape index (κ3) is 3.20. The Bertz CT molecular complexity index is 308. The molecule has 0 saturated carbocycles. The molecular weight excluding hydrogens is 238 g/mol. The van der Waals surface area contributed by atoms with E-state index in [1.165, 1.54) is 4.90 Å². The number of hydrogen-bond donors (Lipinski definition) is 1. The van der Waals surface area contributed by atoms with E-state index in [4.69, 9.17) is 14.6 Å². The van der Waals surface area contributed by atoms with Gasteiger partial charge in [0.05, 0.1) is 12.5 Å². The summed E-state index contributed by atoms with van der Waals surface area (Å²) in [6, 6.07) is -0.0112. The highest BCUT2D eigenvalue weighted by Gasteiger charge is 2.33. The highest BCUT2D eigenvalue weighted by atomic mass is 16.5. The molecular formula is C12H19NO5. The van der Waals surface area contributed by atoms with Crippen LogP contribution < -0.4 is 0 Å². The minimum Gasteiger partial charge on any atom is -0.480 e. The number of ether oxygens (including phenoxy) is 2. The van der Waals surface area contributed by atoms with E-state index in [1.54, 1.807) is 0 Å². The summed E-state index contributed by atoms with van der Waals surface area (Å²) in [6.07, 6.45) is 2.12. The summed E-state index contributed by atoms with van der Waals surface area (Å²) >= 11 is 0.